The first-order valence-corrected chi connectivity index (χ1v) is 22.4. The maximum atomic E-state index is 12.9. The van der Waals surface area contributed by atoms with Crippen molar-refractivity contribution in [2.24, 2.45) is 23.2 Å². The van der Waals surface area contributed by atoms with E-state index in [-0.39, 0.29) is 37.3 Å². The number of carbonyl (C=O) groups is 4. The number of allylic oxidation sites excluding steroid dienone is 4. The summed E-state index contributed by atoms with van der Waals surface area (Å²) >= 11 is 0. The highest BCUT2D eigenvalue weighted by molar-refractivity contribution is 6.13. The topological polar surface area (TPSA) is 134 Å². The van der Waals surface area contributed by atoms with Crippen molar-refractivity contribution in [3.63, 3.8) is 0 Å². The van der Waals surface area contributed by atoms with E-state index in [0.29, 0.717) is 49.9 Å². The molecule has 3 saturated carbocycles. The van der Waals surface area contributed by atoms with Crippen LogP contribution in [0.3, 0.4) is 0 Å². The molecule has 3 N–H and O–H groups in total. The van der Waals surface area contributed by atoms with Gasteiger partial charge in [0, 0.05) is 50.4 Å². The van der Waals surface area contributed by atoms with Gasteiger partial charge in [-0.3, -0.25) is 24.1 Å². The van der Waals surface area contributed by atoms with Crippen molar-refractivity contribution in [1.82, 2.24) is 15.5 Å². The van der Waals surface area contributed by atoms with Crippen molar-refractivity contribution in [2.45, 2.75) is 181 Å². The molecule has 0 aromatic rings. The Morgan fingerprint density at radius 2 is 1.74 bits per heavy atom. The van der Waals surface area contributed by atoms with Crippen LogP contribution in [-0.4, -0.2) is 82.8 Å². The molecule has 0 aromatic carbocycles. The Morgan fingerprint density at radius 3 is 2.43 bits per heavy atom. The second kappa shape index (κ2) is 20.9. The number of imide groups is 1. The molecule has 10 heteroatoms. The van der Waals surface area contributed by atoms with E-state index in [1.165, 1.54) is 61.8 Å². The van der Waals surface area contributed by atoms with Gasteiger partial charge in [-0.2, -0.15) is 0 Å². The number of aliphatic hydroxyl groups is 1. The molecule has 0 saturated heterocycles. The first-order valence-electron chi connectivity index (χ1n) is 22.4. The van der Waals surface area contributed by atoms with Crippen molar-refractivity contribution in [1.29, 1.82) is 0 Å². The average molecular weight is 808 g/mol. The minimum Gasteiger partial charge on any atom is -0.390 e. The molecule has 1 heterocycles. The number of hydrogen-bond acceptors (Lipinski definition) is 7. The summed E-state index contributed by atoms with van der Waals surface area (Å²) in [5.41, 5.74) is 2.74. The van der Waals surface area contributed by atoms with E-state index >= 15 is 0 Å². The van der Waals surface area contributed by atoms with Gasteiger partial charge in [0.15, 0.2) is 0 Å². The van der Waals surface area contributed by atoms with Crippen LogP contribution in [0.2, 0.25) is 0 Å². The van der Waals surface area contributed by atoms with Crippen LogP contribution in [0.25, 0.3) is 0 Å². The molecular formula is C48H77N3O7. The Labute approximate surface area is 350 Å². The lowest BCUT2D eigenvalue weighted by Gasteiger charge is -2.44. The summed E-state index contributed by atoms with van der Waals surface area (Å²) in [6, 6.07) is 0. The normalized spacial score (nSPS) is 26.9. The van der Waals surface area contributed by atoms with Gasteiger partial charge in [-0.25, -0.2) is 0 Å². The minimum absolute atomic E-state index is 0.0299. The summed E-state index contributed by atoms with van der Waals surface area (Å²) in [6.07, 6.45) is 21.9. The van der Waals surface area contributed by atoms with E-state index in [2.05, 4.69) is 43.2 Å². The molecule has 4 aliphatic rings. The van der Waals surface area contributed by atoms with Crippen LogP contribution in [0.4, 0.5) is 0 Å². The van der Waals surface area contributed by atoms with E-state index in [0.717, 1.165) is 49.3 Å². The first-order chi connectivity index (χ1) is 27.2. The van der Waals surface area contributed by atoms with Crippen LogP contribution in [0.5, 0.6) is 0 Å². The molecule has 4 rings (SSSR count). The summed E-state index contributed by atoms with van der Waals surface area (Å²) in [6.45, 7) is 22.6. The zero-order valence-corrected chi connectivity index (χ0v) is 37.3. The van der Waals surface area contributed by atoms with Gasteiger partial charge >= 0.3 is 0 Å². The van der Waals surface area contributed by atoms with Crippen LogP contribution < -0.4 is 10.6 Å². The second-order valence-corrected chi connectivity index (χ2v) is 19.7. The predicted molar refractivity (Wildman–Crippen MR) is 231 cm³/mol. The molecule has 58 heavy (non-hydrogen) atoms. The zero-order valence-electron chi connectivity index (χ0n) is 37.3. The SMILES string of the molecule is C=C1CC[C@H](OCCCNC(=O)CC(C)(CC)OCCC(C)(C)NC(=O)CCN2C(=O)C=CC2=O)C/C1=C/C=C1\CCC[C@]2(C)[C@@H]([C@H](C)CCCC(C)(C)O)CC[C@@H]12. The highest BCUT2D eigenvalue weighted by atomic mass is 16.5. The fraction of sp³-hybridized carbons (Fsp3) is 0.750. The lowest BCUT2D eigenvalue weighted by atomic mass is 9.60. The lowest BCUT2D eigenvalue weighted by molar-refractivity contribution is -0.137. The van der Waals surface area contributed by atoms with Crippen molar-refractivity contribution < 1.29 is 33.8 Å². The number of amides is 4. The smallest absolute Gasteiger partial charge is 0.253 e. The molecule has 10 nitrogen and oxygen atoms in total. The molecular weight excluding hydrogens is 731 g/mol. The first kappa shape index (κ1) is 47.6. The number of carbonyl (C=O) groups excluding carboxylic acids is 4. The van der Waals surface area contributed by atoms with Crippen LogP contribution in [0, 0.1) is 23.2 Å². The van der Waals surface area contributed by atoms with Gasteiger partial charge < -0.3 is 25.2 Å². The molecule has 0 spiro atoms. The largest absolute Gasteiger partial charge is 0.390 e. The van der Waals surface area contributed by atoms with Crippen LogP contribution in [0.1, 0.15) is 158 Å². The van der Waals surface area contributed by atoms with Crippen LogP contribution in [-0.2, 0) is 28.7 Å². The molecule has 0 bridgehead atoms. The summed E-state index contributed by atoms with van der Waals surface area (Å²) in [7, 11) is 0. The van der Waals surface area contributed by atoms with Gasteiger partial charge in [-0.05, 0) is 140 Å². The van der Waals surface area contributed by atoms with E-state index < -0.39 is 28.6 Å². The summed E-state index contributed by atoms with van der Waals surface area (Å²) < 4.78 is 12.6. The van der Waals surface area contributed by atoms with Crippen LogP contribution in [0.15, 0.2) is 47.6 Å². The molecule has 3 fully saturated rings. The van der Waals surface area contributed by atoms with Crippen LogP contribution >= 0.6 is 0 Å². The maximum absolute atomic E-state index is 12.9. The molecule has 4 amide bonds. The fourth-order valence-corrected chi connectivity index (χ4v) is 9.95. The van der Waals surface area contributed by atoms with E-state index in [1.807, 2.05) is 41.5 Å². The van der Waals surface area contributed by atoms with Gasteiger partial charge in [-0.1, -0.05) is 63.5 Å². The van der Waals surface area contributed by atoms with Crippen molar-refractivity contribution >= 4 is 23.6 Å². The molecule has 1 unspecified atom stereocenters. The third-order valence-electron chi connectivity index (χ3n) is 13.7. The summed E-state index contributed by atoms with van der Waals surface area (Å²) in [4.78, 5) is 50.0. The Balaban J connectivity index is 1.15. The Bertz CT molecular complexity index is 1540. The van der Waals surface area contributed by atoms with Gasteiger partial charge in [0.2, 0.25) is 11.8 Å². The highest BCUT2D eigenvalue weighted by Gasteiger charge is 2.50. The number of ether oxygens (including phenoxy) is 2. The molecule has 6 atom stereocenters. The van der Waals surface area contributed by atoms with E-state index in [4.69, 9.17) is 9.47 Å². The molecule has 1 aliphatic heterocycles. The summed E-state index contributed by atoms with van der Waals surface area (Å²) in [5.74, 6) is 0.989. The quantitative estimate of drug-likeness (QED) is 0.0739. The predicted octanol–water partition coefficient (Wildman–Crippen LogP) is 8.44. The number of fused-ring (bicyclic) bond motifs is 1. The van der Waals surface area contributed by atoms with Gasteiger partial charge in [0.05, 0.1) is 23.7 Å². The van der Waals surface area contributed by atoms with E-state index in [9.17, 15) is 24.3 Å². The second-order valence-electron chi connectivity index (χ2n) is 19.7. The van der Waals surface area contributed by atoms with E-state index in [1.54, 1.807) is 5.57 Å². The third kappa shape index (κ3) is 14.0. The minimum atomic E-state index is -0.640. The highest BCUT2D eigenvalue weighted by Crippen LogP contribution is 2.60. The van der Waals surface area contributed by atoms with Crippen molar-refractivity contribution in [3.05, 3.63) is 47.6 Å². The van der Waals surface area contributed by atoms with Gasteiger partial charge in [0.25, 0.3) is 11.8 Å². The Kier molecular flexibility index (Phi) is 17.2. The number of hydrogen-bond donors (Lipinski definition) is 3. The Morgan fingerprint density at radius 1 is 1.02 bits per heavy atom. The maximum Gasteiger partial charge on any atom is 0.253 e. The van der Waals surface area contributed by atoms with Crippen molar-refractivity contribution in [3.8, 4) is 0 Å². The Hall–Kier alpha value is -3.08. The lowest BCUT2D eigenvalue weighted by Crippen LogP contribution is -2.46. The molecule has 3 aliphatic carbocycles. The number of rotatable bonds is 22. The monoisotopic (exact) mass is 808 g/mol. The summed E-state index contributed by atoms with van der Waals surface area (Å²) in [5, 5.41) is 16.2. The average Bonchev–Trinajstić information content (AvgIpc) is 3.66. The number of nitrogens with one attached hydrogen (secondary N) is 2. The van der Waals surface area contributed by atoms with Gasteiger partial charge in [-0.15, -0.1) is 0 Å². The standard InChI is InChI=1S/C48H77N3O7/c1-10-47(8,58-31-27-45(4,5)50-41(52)24-29-51-43(54)22-23-44(51)55)33-42(53)49-28-13-30-57-38-19-16-34(2)37(32-38)18-17-36-15-12-26-48(9)39(20-21-40(36)48)35(3)14-11-25-46(6,7)56/h17-18,22-23,35,38-40,56H,2,10-16,19-21,24-33H2,1,3-9H3,(H,49,53)(H,50,52)/b36-17+,37-18-/t35-,38+,39-,40+,47?,48-/m1/s1. The van der Waals surface area contributed by atoms with Gasteiger partial charge in [0.1, 0.15) is 0 Å². The van der Waals surface area contributed by atoms with Crippen molar-refractivity contribution in [2.75, 3.05) is 26.3 Å². The fourth-order valence-electron chi connectivity index (χ4n) is 9.95. The molecule has 0 radical (unpaired) electrons. The molecule has 0 aromatic heterocycles. The molecule has 326 valence electrons. The zero-order chi connectivity index (χ0) is 42.7. The number of nitrogens with zero attached hydrogens (tertiary/aromatic N) is 1. The third-order valence-corrected chi connectivity index (χ3v) is 13.7.